The first-order chi connectivity index (χ1) is 8.38. The number of carbonyl (C=O) groups is 1. The molecule has 0 heterocycles. The van der Waals surface area contributed by atoms with E-state index in [0.717, 1.165) is 11.1 Å². The van der Waals surface area contributed by atoms with Crippen molar-refractivity contribution >= 4 is 5.97 Å². The Balaban J connectivity index is 3.26. The van der Waals surface area contributed by atoms with Crippen LogP contribution in [0.1, 0.15) is 42.5 Å². The maximum absolute atomic E-state index is 11.9. The Morgan fingerprint density at radius 1 is 1.28 bits per heavy atom. The fourth-order valence-electron chi connectivity index (χ4n) is 2.04. The molecule has 1 unspecified atom stereocenters. The van der Waals surface area contributed by atoms with Crippen molar-refractivity contribution in [3.63, 3.8) is 0 Å². The van der Waals surface area contributed by atoms with E-state index in [1.54, 1.807) is 0 Å². The molecule has 0 radical (unpaired) electrons. The van der Waals surface area contributed by atoms with Gasteiger partial charge in [-0.1, -0.05) is 32.0 Å². The molecule has 0 saturated carbocycles. The molecule has 3 heteroatoms. The molecule has 0 aromatic heterocycles. The number of carbonyl (C=O) groups excluding carboxylic acids is 1. The maximum atomic E-state index is 11.9. The summed E-state index contributed by atoms with van der Waals surface area (Å²) in [4.78, 5) is 13.8. The third kappa shape index (κ3) is 3.10. The molecule has 18 heavy (non-hydrogen) atoms. The van der Waals surface area contributed by atoms with Crippen molar-refractivity contribution in [2.24, 2.45) is 0 Å². The Bertz CT molecular complexity index is 425. The van der Waals surface area contributed by atoms with Crippen LogP contribution >= 0.6 is 0 Å². The van der Waals surface area contributed by atoms with Crippen LogP contribution in [-0.2, 0) is 9.53 Å². The van der Waals surface area contributed by atoms with Crippen LogP contribution < -0.4 is 0 Å². The molecule has 0 aliphatic heterocycles. The molecular weight excluding hydrogens is 226 g/mol. The topological polar surface area (TPSA) is 29.5 Å². The highest BCUT2D eigenvalue weighted by Crippen LogP contribution is 2.27. The molecule has 0 spiro atoms. The summed E-state index contributed by atoms with van der Waals surface area (Å²) >= 11 is 0. The molecule has 0 N–H and O–H groups in total. The zero-order valence-corrected chi connectivity index (χ0v) is 12.2. The largest absolute Gasteiger partial charge is 0.468 e. The minimum atomic E-state index is -0.339. The predicted molar refractivity (Wildman–Crippen MR) is 73.7 cm³/mol. The number of hydrogen-bond acceptors (Lipinski definition) is 3. The molecule has 0 saturated heterocycles. The number of ether oxygens (including phenoxy) is 1. The van der Waals surface area contributed by atoms with E-state index in [1.165, 1.54) is 12.7 Å². The number of methoxy groups -OCH3 is 1. The van der Waals surface area contributed by atoms with E-state index in [4.69, 9.17) is 4.74 Å². The first-order valence-corrected chi connectivity index (χ1v) is 6.23. The normalized spacial score (nSPS) is 12.9. The lowest BCUT2D eigenvalue weighted by molar-refractivity contribution is -0.146. The number of aryl methyl sites for hydroxylation is 1. The van der Waals surface area contributed by atoms with Gasteiger partial charge in [-0.05, 0) is 43.6 Å². The monoisotopic (exact) mass is 249 g/mol. The molecule has 0 amide bonds. The molecule has 0 aliphatic rings. The van der Waals surface area contributed by atoms with Gasteiger partial charge in [0.1, 0.15) is 6.04 Å². The van der Waals surface area contributed by atoms with Gasteiger partial charge < -0.3 is 4.74 Å². The van der Waals surface area contributed by atoms with Gasteiger partial charge in [-0.25, -0.2) is 4.79 Å². The van der Waals surface area contributed by atoms with Crippen molar-refractivity contribution in [1.82, 2.24) is 4.90 Å². The lowest BCUT2D eigenvalue weighted by atomic mass is 9.93. The molecule has 0 fully saturated rings. The second-order valence-electron chi connectivity index (χ2n) is 5.16. The average Bonchev–Trinajstić information content (AvgIpc) is 2.30. The number of nitrogens with zero attached hydrogens (tertiary/aromatic N) is 1. The van der Waals surface area contributed by atoms with E-state index in [2.05, 4.69) is 32.0 Å². The van der Waals surface area contributed by atoms with Gasteiger partial charge >= 0.3 is 5.97 Å². The average molecular weight is 249 g/mol. The van der Waals surface area contributed by atoms with Gasteiger partial charge in [-0.15, -0.1) is 0 Å². The van der Waals surface area contributed by atoms with Crippen molar-refractivity contribution < 1.29 is 9.53 Å². The molecular formula is C15H23NO2. The van der Waals surface area contributed by atoms with Crippen LogP contribution in [0.25, 0.3) is 0 Å². The number of likely N-dealkylation sites (N-methyl/N-ethyl adjacent to an activating group) is 1. The van der Waals surface area contributed by atoms with Gasteiger partial charge in [0.25, 0.3) is 0 Å². The Morgan fingerprint density at radius 2 is 1.89 bits per heavy atom. The van der Waals surface area contributed by atoms with E-state index in [-0.39, 0.29) is 12.0 Å². The van der Waals surface area contributed by atoms with Crippen molar-refractivity contribution in [1.29, 1.82) is 0 Å². The lowest BCUT2D eigenvalue weighted by Gasteiger charge is -2.24. The molecule has 1 aromatic rings. The zero-order chi connectivity index (χ0) is 13.9. The number of benzene rings is 1. The van der Waals surface area contributed by atoms with Crippen LogP contribution in [0.5, 0.6) is 0 Å². The summed E-state index contributed by atoms with van der Waals surface area (Å²) in [5.41, 5.74) is 3.38. The van der Waals surface area contributed by atoms with Gasteiger partial charge in [0.15, 0.2) is 0 Å². The summed E-state index contributed by atoms with van der Waals surface area (Å²) in [5, 5.41) is 0. The van der Waals surface area contributed by atoms with Gasteiger partial charge in [-0.3, -0.25) is 4.90 Å². The second-order valence-corrected chi connectivity index (χ2v) is 5.16. The predicted octanol–water partition coefficient (Wildman–Crippen LogP) is 2.89. The Kier molecular flexibility index (Phi) is 4.91. The standard InChI is InChI=1S/C15H23NO2/c1-10(2)12-8-7-11(3)13(9-12)14(16(4)5)15(17)18-6/h7-10,14H,1-6H3. The molecule has 0 bridgehead atoms. The summed E-state index contributed by atoms with van der Waals surface area (Å²) in [7, 11) is 5.21. The lowest BCUT2D eigenvalue weighted by Crippen LogP contribution is -2.29. The molecule has 1 rings (SSSR count). The summed E-state index contributed by atoms with van der Waals surface area (Å²) in [6, 6.07) is 5.97. The Labute approximate surface area is 110 Å². The third-order valence-corrected chi connectivity index (χ3v) is 3.21. The Hall–Kier alpha value is -1.35. The van der Waals surface area contributed by atoms with Crippen LogP contribution in [0, 0.1) is 6.92 Å². The molecule has 100 valence electrons. The van der Waals surface area contributed by atoms with E-state index >= 15 is 0 Å². The fraction of sp³-hybridized carbons (Fsp3) is 0.533. The molecule has 1 atom stereocenters. The van der Waals surface area contributed by atoms with E-state index in [0.29, 0.717) is 5.92 Å². The maximum Gasteiger partial charge on any atom is 0.327 e. The SMILES string of the molecule is COC(=O)C(c1cc(C(C)C)ccc1C)N(C)C. The number of hydrogen-bond donors (Lipinski definition) is 0. The highest BCUT2D eigenvalue weighted by Gasteiger charge is 2.25. The van der Waals surface area contributed by atoms with Crippen LogP contribution in [0.2, 0.25) is 0 Å². The first kappa shape index (κ1) is 14.7. The summed E-state index contributed by atoms with van der Waals surface area (Å²) in [6.07, 6.45) is 0. The number of esters is 1. The van der Waals surface area contributed by atoms with Crippen molar-refractivity contribution in [3.8, 4) is 0 Å². The minimum absolute atomic E-state index is 0.219. The van der Waals surface area contributed by atoms with E-state index in [1.807, 2.05) is 25.9 Å². The van der Waals surface area contributed by atoms with Crippen molar-refractivity contribution in [2.75, 3.05) is 21.2 Å². The Morgan fingerprint density at radius 3 is 2.33 bits per heavy atom. The van der Waals surface area contributed by atoms with Crippen molar-refractivity contribution in [3.05, 3.63) is 34.9 Å². The van der Waals surface area contributed by atoms with Gasteiger partial charge in [0.05, 0.1) is 7.11 Å². The fourth-order valence-corrected chi connectivity index (χ4v) is 2.04. The highest BCUT2D eigenvalue weighted by atomic mass is 16.5. The third-order valence-electron chi connectivity index (χ3n) is 3.21. The van der Waals surface area contributed by atoms with Gasteiger partial charge in [0, 0.05) is 0 Å². The molecule has 3 nitrogen and oxygen atoms in total. The highest BCUT2D eigenvalue weighted by molar-refractivity contribution is 5.78. The van der Waals surface area contributed by atoms with E-state index in [9.17, 15) is 4.79 Å². The summed E-state index contributed by atoms with van der Waals surface area (Å²) in [5.74, 6) is 0.230. The van der Waals surface area contributed by atoms with Crippen LogP contribution in [0.4, 0.5) is 0 Å². The van der Waals surface area contributed by atoms with E-state index < -0.39 is 0 Å². The molecule has 0 aliphatic carbocycles. The van der Waals surface area contributed by atoms with Crippen LogP contribution in [0.15, 0.2) is 18.2 Å². The molecule has 1 aromatic carbocycles. The number of rotatable bonds is 4. The van der Waals surface area contributed by atoms with Crippen LogP contribution in [0.3, 0.4) is 0 Å². The van der Waals surface area contributed by atoms with Gasteiger partial charge in [-0.2, -0.15) is 0 Å². The van der Waals surface area contributed by atoms with Crippen molar-refractivity contribution in [2.45, 2.75) is 32.7 Å². The second kappa shape index (κ2) is 6.01. The van der Waals surface area contributed by atoms with Gasteiger partial charge in [0.2, 0.25) is 0 Å². The quantitative estimate of drug-likeness (QED) is 0.768. The summed E-state index contributed by atoms with van der Waals surface area (Å²) in [6.45, 7) is 6.33. The first-order valence-electron chi connectivity index (χ1n) is 6.23. The van der Waals surface area contributed by atoms with Crippen LogP contribution in [-0.4, -0.2) is 32.1 Å². The summed E-state index contributed by atoms with van der Waals surface area (Å²) < 4.78 is 4.90. The zero-order valence-electron chi connectivity index (χ0n) is 12.2. The smallest absolute Gasteiger partial charge is 0.327 e. The minimum Gasteiger partial charge on any atom is -0.468 e.